The Morgan fingerprint density at radius 2 is 1.89 bits per heavy atom. The number of hydrogen-bond donors (Lipinski definition) is 1. The van der Waals surface area contributed by atoms with Crippen LogP contribution in [-0.4, -0.2) is 29.3 Å². The number of nitrogens with zero attached hydrogens (tertiary/aromatic N) is 2. The Labute approximate surface area is 161 Å². The maximum atomic E-state index is 12.5. The first-order chi connectivity index (χ1) is 13.7. The number of amides is 1. The molecule has 144 valence electrons. The monoisotopic (exact) mass is 381 g/mol. The molecule has 1 N–H and O–H groups in total. The van der Waals surface area contributed by atoms with E-state index in [0.717, 1.165) is 6.42 Å². The van der Waals surface area contributed by atoms with Crippen molar-refractivity contribution in [1.29, 1.82) is 0 Å². The first kappa shape index (κ1) is 17.8. The van der Waals surface area contributed by atoms with E-state index in [2.05, 4.69) is 15.5 Å². The highest BCUT2D eigenvalue weighted by Gasteiger charge is 2.13. The summed E-state index contributed by atoms with van der Waals surface area (Å²) in [7, 11) is 0. The van der Waals surface area contributed by atoms with Crippen molar-refractivity contribution in [2.24, 2.45) is 0 Å². The molecule has 2 aromatic carbocycles. The molecular weight excluding hydrogens is 362 g/mol. The van der Waals surface area contributed by atoms with Crippen LogP contribution < -0.4 is 19.5 Å². The molecular formula is C20H19N3O5. The van der Waals surface area contributed by atoms with Gasteiger partial charge in [-0.15, -0.1) is 0 Å². The predicted octanol–water partition coefficient (Wildman–Crippen LogP) is 3.37. The second kappa shape index (κ2) is 7.99. The van der Waals surface area contributed by atoms with Gasteiger partial charge in [-0.3, -0.25) is 4.79 Å². The average molecular weight is 381 g/mol. The van der Waals surface area contributed by atoms with Crippen molar-refractivity contribution >= 4 is 11.6 Å². The van der Waals surface area contributed by atoms with E-state index in [1.165, 1.54) is 0 Å². The number of fused-ring (bicyclic) bond motifs is 1. The van der Waals surface area contributed by atoms with Crippen LogP contribution in [0.1, 0.15) is 28.5 Å². The van der Waals surface area contributed by atoms with Crippen LogP contribution in [-0.2, 0) is 6.61 Å². The molecule has 0 saturated heterocycles. The number of anilines is 1. The summed E-state index contributed by atoms with van der Waals surface area (Å²) in [5.41, 5.74) is 1.15. The van der Waals surface area contributed by atoms with Crippen molar-refractivity contribution in [2.45, 2.75) is 20.0 Å². The SMILES string of the molecule is Cc1nc(COc2ccc(C(=O)Nc3ccc4c(c3)OCCCO4)cc2)no1. The van der Waals surface area contributed by atoms with E-state index in [9.17, 15) is 4.79 Å². The van der Waals surface area contributed by atoms with Crippen LogP contribution in [0.3, 0.4) is 0 Å². The summed E-state index contributed by atoms with van der Waals surface area (Å²) in [5, 5.41) is 6.63. The molecule has 1 aliphatic heterocycles. The van der Waals surface area contributed by atoms with E-state index in [4.69, 9.17) is 18.7 Å². The lowest BCUT2D eigenvalue weighted by Gasteiger charge is -2.11. The van der Waals surface area contributed by atoms with Gasteiger partial charge in [-0.25, -0.2) is 0 Å². The Balaban J connectivity index is 1.37. The second-order valence-electron chi connectivity index (χ2n) is 6.21. The third-order valence-electron chi connectivity index (χ3n) is 4.06. The first-order valence-electron chi connectivity index (χ1n) is 8.90. The lowest BCUT2D eigenvalue weighted by Crippen LogP contribution is -2.12. The van der Waals surface area contributed by atoms with Crippen molar-refractivity contribution < 1.29 is 23.5 Å². The van der Waals surface area contributed by atoms with Gasteiger partial charge in [0, 0.05) is 30.7 Å². The maximum Gasteiger partial charge on any atom is 0.255 e. The molecule has 3 aromatic rings. The number of ether oxygens (including phenoxy) is 3. The molecule has 0 unspecified atom stereocenters. The molecule has 8 heteroatoms. The standard InChI is InChI=1S/C20H19N3O5/c1-13-21-19(23-28-13)12-27-16-6-3-14(4-7-16)20(24)22-15-5-8-17-18(11-15)26-10-2-9-25-17/h3-8,11H,2,9-10,12H2,1H3,(H,22,24). The summed E-state index contributed by atoms with van der Waals surface area (Å²) in [4.78, 5) is 16.6. The van der Waals surface area contributed by atoms with Crippen molar-refractivity contribution in [1.82, 2.24) is 10.1 Å². The average Bonchev–Trinajstić information content (AvgIpc) is 2.98. The molecule has 0 fully saturated rings. The molecule has 0 bridgehead atoms. The lowest BCUT2D eigenvalue weighted by molar-refractivity contribution is 0.102. The minimum absolute atomic E-state index is 0.195. The Hall–Kier alpha value is -3.55. The number of rotatable bonds is 5. The van der Waals surface area contributed by atoms with Crippen LogP contribution in [0, 0.1) is 6.92 Å². The molecule has 28 heavy (non-hydrogen) atoms. The predicted molar refractivity (Wildman–Crippen MR) is 99.8 cm³/mol. The number of benzene rings is 2. The fraction of sp³-hybridized carbons (Fsp3) is 0.250. The smallest absolute Gasteiger partial charge is 0.255 e. The third-order valence-corrected chi connectivity index (χ3v) is 4.06. The van der Waals surface area contributed by atoms with Crippen LogP contribution in [0.4, 0.5) is 5.69 Å². The van der Waals surface area contributed by atoms with Crippen LogP contribution in [0.15, 0.2) is 47.0 Å². The van der Waals surface area contributed by atoms with E-state index >= 15 is 0 Å². The highest BCUT2D eigenvalue weighted by atomic mass is 16.5. The van der Waals surface area contributed by atoms with E-state index in [-0.39, 0.29) is 12.5 Å². The molecule has 0 saturated carbocycles. The van der Waals surface area contributed by atoms with Crippen LogP contribution in [0.5, 0.6) is 17.2 Å². The number of carbonyl (C=O) groups excluding carboxylic acids is 1. The van der Waals surface area contributed by atoms with Crippen molar-refractivity contribution in [3.8, 4) is 17.2 Å². The van der Waals surface area contributed by atoms with Gasteiger partial charge in [-0.1, -0.05) is 5.16 Å². The zero-order valence-corrected chi connectivity index (χ0v) is 15.3. The summed E-state index contributed by atoms with van der Waals surface area (Å²) in [6.07, 6.45) is 0.830. The number of nitrogens with one attached hydrogen (secondary N) is 1. The molecule has 0 radical (unpaired) electrons. The van der Waals surface area contributed by atoms with Gasteiger partial charge in [-0.05, 0) is 36.4 Å². The topological polar surface area (TPSA) is 95.7 Å². The van der Waals surface area contributed by atoms with Crippen molar-refractivity contribution in [3.63, 3.8) is 0 Å². The molecule has 1 aromatic heterocycles. The van der Waals surface area contributed by atoms with Gasteiger partial charge in [0.05, 0.1) is 13.2 Å². The first-order valence-corrected chi connectivity index (χ1v) is 8.90. The van der Waals surface area contributed by atoms with Gasteiger partial charge >= 0.3 is 0 Å². The molecule has 0 aliphatic carbocycles. The number of carbonyl (C=O) groups is 1. The normalized spacial score (nSPS) is 12.9. The minimum Gasteiger partial charge on any atom is -0.490 e. The number of aryl methyl sites for hydroxylation is 1. The molecule has 1 aliphatic rings. The Kier molecular flexibility index (Phi) is 5.09. The van der Waals surface area contributed by atoms with Gasteiger partial charge < -0.3 is 24.1 Å². The fourth-order valence-corrected chi connectivity index (χ4v) is 2.69. The number of hydrogen-bond acceptors (Lipinski definition) is 7. The van der Waals surface area contributed by atoms with E-state index in [1.54, 1.807) is 49.4 Å². The van der Waals surface area contributed by atoms with Gasteiger partial charge in [0.15, 0.2) is 18.1 Å². The third kappa shape index (κ3) is 4.22. The molecule has 8 nitrogen and oxygen atoms in total. The zero-order valence-electron chi connectivity index (χ0n) is 15.3. The highest BCUT2D eigenvalue weighted by Crippen LogP contribution is 2.32. The Morgan fingerprint density at radius 3 is 2.64 bits per heavy atom. The summed E-state index contributed by atoms with van der Waals surface area (Å²) >= 11 is 0. The largest absolute Gasteiger partial charge is 0.490 e. The van der Waals surface area contributed by atoms with Crippen molar-refractivity contribution in [3.05, 3.63) is 59.7 Å². The second-order valence-corrected chi connectivity index (χ2v) is 6.21. The summed E-state index contributed by atoms with van der Waals surface area (Å²) in [6.45, 7) is 3.13. The van der Waals surface area contributed by atoms with Crippen molar-refractivity contribution in [2.75, 3.05) is 18.5 Å². The molecule has 2 heterocycles. The van der Waals surface area contributed by atoms with Gasteiger partial charge in [-0.2, -0.15) is 4.98 Å². The summed E-state index contributed by atoms with van der Waals surface area (Å²) < 4.78 is 21.7. The maximum absolute atomic E-state index is 12.5. The van der Waals surface area contributed by atoms with Gasteiger partial charge in [0.2, 0.25) is 11.7 Å². The van der Waals surface area contributed by atoms with E-state index < -0.39 is 0 Å². The number of aromatic nitrogens is 2. The van der Waals surface area contributed by atoms with Crippen LogP contribution in [0.25, 0.3) is 0 Å². The van der Waals surface area contributed by atoms with Gasteiger partial charge in [0.1, 0.15) is 5.75 Å². The Bertz CT molecular complexity index is 968. The van der Waals surface area contributed by atoms with Gasteiger partial charge in [0.25, 0.3) is 5.91 Å². The van der Waals surface area contributed by atoms with Crippen LogP contribution in [0.2, 0.25) is 0 Å². The van der Waals surface area contributed by atoms with E-state index in [0.29, 0.717) is 53.4 Å². The zero-order chi connectivity index (χ0) is 19.3. The lowest BCUT2D eigenvalue weighted by atomic mass is 10.2. The minimum atomic E-state index is -0.227. The van der Waals surface area contributed by atoms with Crippen LogP contribution >= 0.6 is 0 Å². The quantitative estimate of drug-likeness (QED) is 0.724. The summed E-state index contributed by atoms with van der Waals surface area (Å²) in [6, 6.07) is 12.2. The fourth-order valence-electron chi connectivity index (χ4n) is 2.69. The highest BCUT2D eigenvalue weighted by molar-refractivity contribution is 6.04. The molecule has 0 spiro atoms. The molecule has 1 amide bonds. The van der Waals surface area contributed by atoms with E-state index in [1.807, 2.05) is 0 Å². The Morgan fingerprint density at radius 1 is 1.11 bits per heavy atom. The molecule has 4 rings (SSSR count). The molecule has 0 atom stereocenters. The summed E-state index contributed by atoms with van der Waals surface area (Å²) in [5.74, 6) is 2.66.